The van der Waals surface area contributed by atoms with Crippen LogP contribution in [0.2, 0.25) is 0 Å². The second kappa shape index (κ2) is 13.9. The first-order valence-corrected chi connectivity index (χ1v) is 20.6. The zero-order valence-electron chi connectivity index (χ0n) is 32.7. The van der Waals surface area contributed by atoms with Crippen molar-refractivity contribution in [1.29, 1.82) is 0 Å². The number of hydrogen-bond donors (Lipinski definition) is 0. The fourth-order valence-electron chi connectivity index (χ4n) is 9.23. The van der Waals surface area contributed by atoms with Gasteiger partial charge in [-0.1, -0.05) is 164 Å². The molecule has 0 spiro atoms. The molecule has 1 heterocycles. The summed E-state index contributed by atoms with van der Waals surface area (Å²) in [5.74, 6) is 0. The summed E-state index contributed by atoms with van der Waals surface area (Å²) in [5.41, 5.74) is 12.1. The van der Waals surface area contributed by atoms with Crippen LogP contribution >= 0.6 is 0 Å². The maximum Gasteiger partial charge on any atom is 0.136 e. The quantitative estimate of drug-likeness (QED) is 0.157. The summed E-state index contributed by atoms with van der Waals surface area (Å²) in [4.78, 5) is 2.39. The van der Waals surface area contributed by atoms with Gasteiger partial charge in [0.25, 0.3) is 0 Å². The highest BCUT2D eigenvalue weighted by molar-refractivity contribution is 6.12. The van der Waals surface area contributed by atoms with Crippen molar-refractivity contribution >= 4 is 82.1 Å². The van der Waals surface area contributed by atoms with E-state index in [-0.39, 0.29) is 0 Å². The molecule has 0 saturated heterocycles. The highest BCUT2D eigenvalue weighted by Gasteiger charge is 2.19. The second-order valence-electron chi connectivity index (χ2n) is 15.7. The maximum atomic E-state index is 6.42. The van der Waals surface area contributed by atoms with Crippen molar-refractivity contribution in [3.63, 3.8) is 0 Å². The van der Waals surface area contributed by atoms with Crippen molar-refractivity contribution in [2.75, 3.05) is 4.90 Å². The molecule has 0 aliphatic heterocycles. The number of para-hydroxylation sites is 1. The summed E-state index contributed by atoms with van der Waals surface area (Å²) in [6.07, 6.45) is 0. The van der Waals surface area contributed by atoms with Crippen LogP contribution in [0.4, 0.5) is 17.1 Å². The van der Waals surface area contributed by atoms with E-state index in [4.69, 9.17) is 4.42 Å². The number of fused-ring (bicyclic) bond motifs is 8. The van der Waals surface area contributed by atoms with Gasteiger partial charge >= 0.3 is 0 Å². The van der Waals surface area contributed by atoms with Gasteiger partial charge in [-0.25, -0.2) is 0 Å². The fraction of sp³-hybridized carbons (Fsp3) is 0. The molecule has 0 saturated carbocycles. The predicted octanol–water partition coefficient (Wildman–Crippen LogP) is 16.7. The lowest BCUT2D eigenvalue weighted by atomic mass is 9.96. The van der Waals surface area contributed by atoms with Crippen LogP contribution in [0.15, 0.2) is 229 Å². The van der Waals surface area contributed by atoms with E-state index in [1.54, 1.807) is 0 Å². The van der Waals surface area contributed by atoms with E-state index >= 15 is 0 Å². The van der Waals surface area contributed by atoms with Gasteiger partial charge in [0, 0.05) is 27.7 Å². The Morgan fingerprint density at radius 2 is 0.817 bits per heavy atom. The average molecular weight is 764 g/mol. The highest BCUT2D eigenvalue weighted by atomic mass is 16.3. The third-order valence-electron chi connectivity index (χ3n) is 12.2. The molecule has 12 aromatic rings. The summed E-state index contributed by atoms with van der Waals surface area (Å²) in [5, 5.41) is 12.2. The molecule has 0 aliphatic carbocycles. The largest absolute Gasteiger partial charge is 0.456 e. The van der Waals surface area contributed by atoms with Gasteiger partial charge in [-0.2, -0.15) is 0 Å². The van der Waals surface area contributed by atoms with Gasteiger partial charge in [-0.3, -0.25) is 0 Å². The van der Waals surface area contributed by atoms with Crippen LogP contribution in [0.5, 0.6) is 0 Å². The number of nitrogens with zero attached hydrogens (tertiary/aromatic N) is 1. The topological polar surface area (TPSA) is 16.4 Å². The summed E-state index contributed by atoms with van der Waals surface area (Å²) >= 11 is 0. The van der Waals surface area contributed by atoms with Crippen LogP contribution in [0.25, 0.3) is 98.4 Å². The minimum Gasteiger partial charge on any atom is -0.456 e. The van der Waals surface area contributed by atoms with Crippen molar-refractivity contribution < 1.29 is 4.42 Å². The molecule has 11 aromatic carbocycles. The Labute approximate surface area is 347 Å². The molecule has 0 bridgehead atoms. The lowest BCUT2D eigenvalue weighted by Gasteiger charge is -2.28. The summed E-state index contributed by atoms with van der Waals surface area (Å²) < 4.78 is 6.42. The van der Waals surface area contributed by atoms with E-state index in [1.807, 2.05) is 0 Å². The van der Waals surface area contributed by atoms with E-state index in [1.165, 1.54) is 65.3 Å². The minimum absolute atomic E-state index is 0.889. The molecule has 0 amide bonds. The summed E-state index contributed by atoms with van der Waals surface area (Å²) in [6, 6.07) is 81.4. The van der Waals surface area contributed by atoms with E-state index in [0.717, 1.165) is 50.1 Å². The number of rotatable bonds is 6. The number of benzene rings is 11. The molecular weight excluding hydrogens is 727 g/mol. The van der Waals surface area contributed by atoms with Gasteiger partial charge in [0.1, 0.15) is 11.2 Å². The molecule has 60 heavy (non-hydrogen) atoms. The molecular formula is C58H37NO. The van der Waals surface area contributed by atoms with E-state index in [0.29, 0.717) is 0 Å². The average Bonchev–Trinajstić information content (AvgIpc) is 3.67. The smallest absolute Gasteiger partial charge is 0.136 e. The van der Waals surface area contributed by atoms with Crippen LogP contribution in [0, 0.1) is 0 Å². The first-order valence-electron chi connectivity index (χ1n) is 20.6. The highest BCUT2D eigenvalue weighted by Crippen LogP contribution is 2.44. The summed E-state index contributed by atoms with van der Waals surface area (Å²) in [7, 11) is 0. The van der Waals surface area contributed by atoms with Crippen LogP contribution in [0.1, 0.15) is 0 Å². The Hall–Kier alpha value is -7.94. The molecule has 0 N–H and O–H groups in total. The van der Waals surface area contributed by atoms with Crippen molar-refractivity contribution in [3.05, 3.63) is 224 Å². The Bertz CT molecular complexity index is 3590. The molecule has 0 unspecified atom stereocenters. The van der Waals surface area contributed by atoms with Crippen LogP contribution in [-0.2, 0) is 0 Å². The Morgan fingerprint density at radius 3 is 1.62 bits per heavy atom. The lowest BCUT2D eigenvalue weighted by molar-refractivity contribution is 0.669. The van der Waals surface area contributed by atoms with Gasteiger partial charge in [0.15, 0.2) is 0 Å². The predicted molar refractivity (Wildman–Crippen MR) is 255 cm³/mol. The number of anilines is 3. The van der Waals surface area contributed by atoms with E-state index < -0.39 is 0 Å². The van der Waals surface area contributed by atoms with Crippen LogP contribution < -0.4 is 4.90 Å². The SMILES string of the molecule is c1ccc(N(c2ccc(-c3ccc4c(ccc5ccccc54)c3)cc2)c2ccc(-c3cccc4ccccc34)cc2)c(-c2ccc3oc4cc5ccccc5cc4c3c2)c1. The standard InChI is InChI=1S/C58H37NO/c1-2-13-43-37-58-55(35-42(43)12-1)54-36-46(27-33-57(54)60-58)53-17-7-8-19-56(53)59(48-30-24-41(25-31-48)51-18-9-14-39-10-3-5-15-49(39)51)47-28-22-38(23-29-47)44-26-32-52-45(34-44)21-20-40-11-4-6-16-50(40)52/h1-37H. The molecule has 1 aromatic heterocycles. The monoisotopic (exact) mass is 763 g/mol. The van der Waals surface area contributed by atoms with Gasteiger partial charge in [0.2, 0.25) is 0 Å². The Morgan fingerprint density at radius 1 is 0.267 bits per heavy atom. The summed E-state index contributed by atoms with van der Waals surface area (Å²) in [6.45, 7) is 0. The van der Waals surface area contributed by atoms with Gasteiger partial charge in [0.05, 0.1) is 5.69 Å². The van der Waals surface area contributed by atoms with Crippen molar-refractivity contribution in [1.82, 2.24) is 0 Å². The molecule has 280 valence electrons. The van der Waals surface area contributed by atoms with Crippen LogP contribution in [-0.4, -0.2) is 0 Å². The molecule has 12 rings (SSSR count). The van der Waals surface area contributed by atoms with Crippen LogP contribution in [0.3, 0.4) is 0 Å². The first-order chi connectivity index (χ1) is 29.7. The molecule has 2 nitrogen and oxygen atoms in total. The van der Waals surface area contributed by atoms with Gasteiger partial charge in [-0.15, -0.1) is 0 Å². The first kappa shape index (κ1) is 34.1. The molecule has 0 aliphatic rings. The number of furan rings is 1. The molecule has 0 fully saturated rings. The molecule has 0 radical (unpaired) electrons. The minimum atomic E-state index is 0.889. The lowest BCUT2D eigenvalue weighted by Crippen LogP contribution is -2.11. The molecule has 0 atom stereocenters. The maximum absolute atomic E-state index is 6.42. The normalized spacial score (nSPS) is 11.7. The van der Waals surface area contributed by atoms with E-state index in [2.05, 4.69) is 229 Å². The van der Waals surface area contributed by atoms with Gasteiger partial charge in [-0.05, 0) is 132 Å². The zero-order chi connectivity index (χ0) is 39.6. The van der Waals surface area contributed by atoms with Crippen molar-refractivity contribution in [2.45, 2.75) is 0 Å². The zero-order valence-corrected chi connectivity index (χ0v) is 32.7. The Kier molecular flexibility index (Phi) is 7.89. The fourth-order valence-corrected chi connectivity index (χ4v) is 9.23. The van der Waals surface area contributed by atoms with Gasteiger partial charge < -0.3 is 9.32 Å². The van der Waals surface area contributed by atoms with Crippen molar-refractivity contribution in [2.24, 2.45) is 0 Å². The molecule has 2 heteroatoms. The number of hydrogen-bond acceptors (Lipinski definition) is 2. The van der Waals surface area contributed by atoms with Crippen molar-refractivity contribution in [3.8, 4) is 33.4 Å². The Balaban J connectivity index is 0.987. The second-order valence-corrected chi connectivity index (χ2v) is 15.7. The third-order valence-corrected chi connectivity index (χ3v) is 12.2. The van der Waals surface area contributed by atoms with E-state index in [9.17, 15) is 0 Å². The third kappa shape index (κ3) is 5.73.